The van der Waals surface area contributed by atoms with Crippen molar-refractivity contribution in [3.8, 4) is 5.75 Å². The van der Waals surface area contributed by atoms with Gasteiger partial charge in [-0.25, -0.2) is 4.98 Å². The Morgan fingerprint density at radius 3 is 3.17 bits per heavy atom. The lowest BCUT2D eigenvalue weighted by atomic mass is 10.1. The van der Waals surface area contributed by atoms with Crippen molar-refractivity contribution in [2.75, 3.05) is 13.2 Å². The Kier molecular flexibility index (Phi) is 3.97. The Balaban J connectivity index is 1.49. The molecular formula is C16H17N3O3S. The molecule has 0 spiro atoms. The largest absolute Gasteiger partial charge is 0.486 e. The zero-order chi connectivity index (χ0) is 15.6. The topological polar surface area (TPSA) is 64.6 Å². The predicted molar refractivity (Wildman–Crippen MR) is 84.6 cm³/mol. The molecule has 1 amide bonds. The van der Waals surface area contributed by atoms with E-state index in [0.29, 0.717) is 18.8 Å². The molecule has 0 aromatic carbocycles. The fourth-order valence-corrected chi connectivity index (χ4v) is 3.88. The summed E-state index contributed by atoms with van der Waals surface area (Å²) in [5, 5.41) is 1.80. The van der Waals surface area contributed by atoms with Gasteiger partial charge in [0.2, 0.25) is 0 Å². The van der Waals surface area contributed by atoms with Gasteiger partial charge < -0.3 is 14.4 Å². The molecule has 0 bridgehead atoms. The molecule has 0 N–H and O–H groups in total. The summed E-state index contributed by atoms with van der Waals surface area (Å²) in [5.41, 5.74) is 2.21. The van der Waals surface area contributed by atoms with Crippen molar-refractivity contribution in [3.05, 3.63) is 41.1 Å². The third kappa shape index (κ3) is 2.82. The van der Waals surface area contributed by atoms with Crippen molar-refractivity contribution in [1.29, 1.82) is 0 Å². The van der Waals surface area contributed by atoms with Crippen molar-refractivity contribution >= 4 is 17.2 Å². The summed E-state index contributed by atoms with van der Waals surface area (Å²) in [6, 6.07) is 3.79. The number of morpholine rings is 1. The lowest BCUT2D eigenvalue weighted by Crippen LogP contribution is -2.54. The van der Waals surface area contributed by atoms with E-state index in [0.717, 1.165) is 18.6 Å². The van der Waals surface area contributed by atoms with Gasteiger partial charge in [0.1, 0.15) is 23.7 Å². The first-order chi connectivity index (χ1) is 11.3. The second-order valence-electron chi connectivity index (χ2n) is 5.70. The normalized spacial score (nSPS) is 26.8. The number of amides is 1. The summed E-state index contributed by atoms with van der Waals surface area (Å²) >= 11 is 1.44. The van der Waals surface area contributed by atoms with Gasteiger partial charge in [0.05, 0.1) is 24.4 Å². The minimum absolute atomic E-state index is 0.00780. The highest BCUT2D eigenvalue weighted by Gasteiger charge is 2.46. The average Bonchev–Trinajstić information content (AvgIpc) is 3.25. The number of rotatable bonds is 3. The van der Waals surface area contributed by atoms with E-state index >= 15 is 0 Å². The summed E-state index contributed by atoms with van der Waals surface area (Å²) in [6.45, 7) is 1.14. The zero-order valence-electron chi connectivity index (χ0n) is 12.5. The van der Waals surface area contributed by atoms with Crippen LogP contribution in [0.25, 0.3) is 0 Å². The molecule has 120 valence electrons. The molecule has 7 heteroatoms. The molecular weight excluding hydrogens is 314 g/mol. The molecule has 3 atom stereocenters. The van der Waals surface area contributed by atoms with E-state index in [1.165, 1.54) is 11.3 Å². The van der Waals surface area contributed by atoms with Crippen LogP contribution >= 0.6 is 11.3 Å². The molecule has 1 saturated carbocycles. The maximum absolute atomic E-state index is 12.6. The lowest BCUT2D eigenvalue weighted by molar-refractivity contribution is -0.0787. The average molecular weight is 331 g/mol. The van der Waals surface area contributed by atoms with Crippen LogP contribution in [0.4, 0.5) is 0 Å². The van der Waals surface area contributed by atoms with Gasteiger partial charge in [-0.1, -0.05) is 0 Å². The van der Waals surface area contributed by atoms with Crippen molar-refractivity contribution in [2.24, 2.45) is 0 Å². The van der Waals surface area contributed by atoms with E-state index in [-0.39, 0.29) is 24.2 Å². The van der Waals surface area contributed by atoms with Gasteiger partial charge in [-0.2, -0.15) is 0 Å². The molecule has 2 fully saturated rings. The standard InChI is InChI=1S/C16H17N3O3S/c20-16(12-9-23-10-18-12)19-6-7-21-15-13(19)3-4-14(15)22-11-2-1-5-17-8-11/h1-2,5,8-10,13-15H,3-4,6-7H2/t13-,14-,15+/m1/s1. The van der Waals surface area contributed by atoms with E-state index < -0.39 is 0 Å². The van der Waals surface area contributed by atoms with Gasteiger partial charge in [-0.15, -0.1) is 11.3 Å². The van der Waals surface area contributed by atoms with Crippen LogP contribution in [-0.4, -0.2) is 52.2 Å². The molecule has 2 aliphatic rings. The van der Waals surface area contributed by atoms with Crippen LogP contribution in [0.15, 0.2) is 35.4 Å². The highest BCUT2D eigenvalue weighted by Crippen LogP contribution is 2.33. The Labute approximate surface area is 138 Å². The van der Waals surface area contributed by atoms with Crippen LogP contribution < -0.4 is 4.74 Å². The van der Waals surface area contributed by atoms with E-state index in [1.54, 1.807) is 23.3 Å². The summed E-state index contributed by atoms with van der Waals surface area (Å²) in [7, 11) is 0. The van der Waals surface area contributed by atoms with Crippen molar-refractivity contribution in [1.82, 2.24) is 14.9 Å². The quantitative estimate of drug-likeness (QED) is 0.860. The molecule has 2 aromatic rings. The van der Waals surface area contributed by atoms with Gasteiger partial charge in [0.15, 0.2) is 0 Å². The third-order valence-corrected chi connectivity index (χ3v) is 4.96. The maximum Gasteiger partial charge on any atom is 0.273 e. The highest BCUT2D eigenvalue weighted by atomic mass is 32.1. The molecule has 23 heavy (non-hydrogen) atoms. The lowest BCUT2D eigenvalue weighted by Gasteiger charge is -2.38. The number of fused-ring (bicyclic) bond motifs is 1. The molecule has 3 heterocycles. The monoisotopic (exact) mass is 331 g/mol. The Bertz CT molecular complexity index is 664. The van der Waals surface area contributed by atoms with Gasteiger partial charge in [0, 0.05) is 18.1 Å². The van der Waals surface area contributed by atoms with Crippen LogP contribution in [0.1, 0.15) is 23.3 Å². The van der Waals surface area contributed by atoms with Crippen LogP contribution in [0.5, 0.6) is 5.75 Å². The number of ether oxygens (including phenoxy) is 2. The minimum Gasteiger partial charge on any atom is -0.486 e. The van der Waals surface area contributed by atoms with Crippen LogP contribution in [0.3, 0.4) is 0 Å². The van der Waals surface area contributed by atoms with Gasteiger partial charge >= 0.3 is 0 Å². The molecule has 0 radical (unpaired) electrons. The zero-order valence-corrected chi connectivity index (χ0v) is 13.3. The Morgan fingerprint density at radius 2 is 2.39 bits per heavy atom. The van der Waals surface area contributed by atoms with E-state index in [9.17, 15) is 4.79 Å². The number of pyridine rings is 1. The van der Waals surface area contributed by atoms with Crippen molar-refractivity contribution in [2.45, 2.75) is 31.1 Å². The third-order valence-electron chi connectivity index (χ3n) is 4.37. The fraction of sp³-hybridized carbons (Fsp3) is 0.438. The van der Waals surface area contributed by atoms with Crippen LogP contribution in [-0.2, 0) is 4.74 Å². The van der Waals surface area contributed by atoms with Crippen LogP contribution in [0, 0.1) is 0 Å². The van der Waals surface area contributed by atoms with Gasteiger partial charge in [-0.3, -0.25) is 9.78 Å². The summed E-state index contributed by atoms with van der Waals surface area (Å²) in [6.07, 6.45) is 5.03. The SMILES string of the molecule is O=C(c1cscn1)N1CCO[C@H]2[C@H]1CC[C@H]2Oc1cccnc1. The van der Waals surface area contributed by atoms with E-state index in [2.05, 4.69) is 9.97 Å². The van der Waals surface area contributed by atoms with E-state index in [4.69, 9.17) is 9.47 Å². The molecule has 0 unspecified atom stereocenters. The number of thiazole rings is 1. The first-order valence-electron chi connectivity index (χ1n) is 7.70. The minimum atomic E-state index is -0.0912. The molecule has 4 rings (SSSR count). The van der Waals surface area contributed by atoms with E-state index in [1.807, 2.05) is 17.0 Å². The van der Waals surface area contributed by atoms with Gasteiger partial charge in [0.25, 0.3) is 5.91 Å². The van der Waals surface area contributed by atoms with Gasteiger partial charge in [-0.05, 0) is 25.0 Å². The smallest absolute Gasteiger partial charge is 0.273 e. The summed E-state index contributed by atoms with van der Waals surface area (Å²) < 4.78 is 12.0. The number of hydrogen-bond donors (Lipinski definition) is 0. The van der Waals surface area contributed by atoms with Crippen molar-refractivity contribution in [3.63, 3.8) is 0 Å². The molecule has 1 saturated heterocycles. The maximum atomic E-state index is 12.6. The number of nitrogens with zero attached hydrogens (tertiary/aromatic N) is 3. The second kappa shape index (κ2) is 6.25. The Morgan fingerprint density at radius 1 is 1.43 bits per heavy atom. The summed E-state index contributed by atoms with van der Waals surface area (Å²) in [4.78, 5) is 22.7. The predicted octanol–water partition coefficient (Wildman–Crippen LogP) is 1.99. The number of hydrogen-bond acceptors (Lipinski definition) is 6. The molecule has 2 aromatic heterocycles. The number of carbonyl (C=O) groups is 1. The van der Waals surface area contributed by atoms with Crippen LogP contribution in [0.2, 0.25) is 0 Å². The summed E-state index contributed by atoms with van der Waals surface area (Å²) in [5.74, 6) is 0.733. The molecule has 1 aliphatic carbocycles. The Hall–Kier alpha value is -1.99. The second-order valence-corrected chi connectivity index (χ2v) is 6.42. The molecule has 6 nitrogen and oxygen atoms in total. The fourth-order valence-electron chi connectivity index (χ4n) is 3.35. The number of carbonyl (C=O) groups excluding carboxylic acids is 1. The molecule has 1 aliphatic heterocycles. The van der Waals surface area contributed by atoms with Crippen molar-refractivity contribution < 1.29 is 14.3 Å². The first-order valence-corrected chi connectivity index (χ1v) is 8.64. The first kappa shape index (κ1) is 14.6. The highest BCUT2D eigenvalue weighted by molar-refractivity contribution is 7.07. The number of aromatic nitrogens is 2.